The Morgan fingerprint density at radius 2 is 1.55 bits per heavy atom. The molecule has 0 aliphatic rings. The van der Waals surface area contributed by atoms with Crippen molar-refractivity contribution < 1.29 is 23.7 Å². The van der Waals surface area contributed by atoms with Gasteiger partial charge in [0.15, 0.2) is 28.8 Å². The van der Waals surface area contributed by atoms with Gasteiger partial charge in [0.05, 0.1) is 21.3 Å². The van der Waals surface area contributed by atoms with Gasteiger partial charge in [-0.25, -0.2) is 4.39 Å². The van der Waals surface area contributed by atoms with Gasteiger partial charge in [-0.1, -0.05) is 18.2 Å². The normalized spacial score (nSPS) is 10.7. The molecule has 1 N–H and O–H groups in total. The van der Waals surface area contributed by atoms with E-state index in [0.29, 0.717) is 17.1 Å². The maximum Gasteiger partial charge on any atom is 0.196 e. The van der Waals surface area contributed by atoms with Crippen LogP contribution in [-0.4, -0.2) is 26.4 Å². The van der Waals surface area contributed by atoms with Gasteiger partial charge in [-0.3, -0.25) is 0 Å². The van der Waals surface area contributed by atoms with Crippen LogP contribution in [0.1, 0.15) is 11.1 Å². The van der Waals surface area contributed by atoms with E-state index in [1.54, 1.807) is 36.4 Å². The van der Waals surface area contributed by atoms with Gasteiger partial charge in [-0.2, -0.15) is 0 Å². The van der Waals surface area contributed by atoms with E-state index in [0.717, 1.165) is 5.56 Å². The number of halogens is 1. The third kappa shape index (κ3) is 3.31. The minimum Gasteiger partial charge on any atom is -0.504 e. The van der Waals surface area contributed by atoms with Crippen molar-refractivity contribution in [3.8, 4) is 23.0 Å². The first-order valence-electron chi connectivity index (χ1n) is 6.55. The molecule has 0 unspecified atom stereocenters. The highest BCUT2D eigenvalue weighted by molar-refractivity contribution is 5.72. The summed E-state index contributed by atoms with van der Waals surface area (Å²) in [6.07, 6.45) is 3.46. The molecular formula is C17H17FO4. The molecule has 5 heteroatoms. The summed E-state index contributed by atoms with van der Waals surface area (Å²) in [5, 5.41) is 9.73. The van der Waals surface area contributed by atoms with Crippen LogP contribution < -0.4 is 14.2 Å². The number of rotatable bonds is 5. The maximum absolute atomic E-state index is 13.9. The van der Waals surface area contributed by atoms with E-state index < -0.39 is 5.82 Å². The second-order valence-corrected chi connectivity index (χ2v) is 4.50. The highest BCUT2D eigenvalue weighted by Gasteiger charge is 2.11. The molecule has 0 atom stereocenters. The fourth-order valence-electron chi connectivity index (χ4n) is 2.04. The molecule has 0 heterocycles. The summed E-state index contributed by atoms with van der Waals surface area (Å²) in [7, 11) is 4.32. The van der Waals surface area contributed by atoms with Crippen LogP contribution in [-0.2, 0) is 0 Å². The van der Waals surface area contributed by atoms with Crippen LogP contribution in [0.3, 0.4) is 0 Å². The van der Waals surface area contributed by atoms with Crippen molar-refractivity contribution >= 4 is 12.2 Å². The van der Waals surface area contributed by atoms with E-state index in [1.807, 2.05) is 0 Å². The summed E-state index contributed by atoms with van der Waals surface area (Å²) < 4.78 is 28.9. The monoisotopic (exact) mass is 304 g/mol. The molecule has 0 aromatic heterocycles. The van der Waals surface area contributed by atoms with Crippen molar-refractivity contribution in [3.63, 3.8) is 0 Å². The predicted octanol–water partition coefficient (Wildman–Crippen LogP) is 3.73. The summed E-state index contributed by atoms with van der Waals surface area (Å²) in [5.74, 6) is 0.331. The van der Waals surface area contributed by atoms with Gasteiger partial charge in [0, 0.05) is 0 Å². The average molecular weight is 304 g/mol. The molecule has 0 amide bonds. The molecule has 0 saturated heterocycles. The molecule has 2 rings (SSSR count). The molecule has 0 aliphatic carbocycles. The molecule has 0 radical (unpaired) electrons. The Morgan fingerprint density at radius 3 is 2.14 bits per heavy atom. The molecule has 2 aromatic rings. The van der Waals surface area contributed by atoms with Gasteiger partial charge in [0.25, 0.3) is 0 Å². The standard InChI is InChI=1S/C17H17FO4/c1-20-15-7-6-11(9-14(15)19)4-5-12-8-13(18)17(22-3)16(10-12)21-2/h4-10,19H,1-3H3. The molecule has 22 heavy (non-hydrogen) atoms. The topological polar surface area (TPSA) is 47.9 Å². The Morgan fingerprint density at radius 1 is 0.864 bits per heavy atom. The van der Waals surface area contributed by atoms with Crippen LogP contribution in [0.4, 0.5) is 4.39 Å². The third-order valence-electron chi connectivity index (χ3n) is 3.13. The smallest absolute Gasteiger partial charge is 0.196 e. The zero-order valence-electron chi connectivity index (χ0n) is 12.6. The van der Waals surface area contributed by atoms with Gasteiger partial charge in [0.2, 0.25) is 0 Å². The molecule has 0 bridgehead atoms. The molecule has 116 valence electrons. The number of aromatic hydroxyl groups is 1. The first-order chi connectivity index (χ1) is 10.6. The summed E-state index contributed by atoms with van der Waals surface area (Å²) in [5.41, 5.74) is 1.37. The van der Waals surface area contributed by atoms with E-state index in [4.69, 9.17) is 14.2 Å². The lowest BCUT2D eigenvalue weighted by molar-refractivity contribution is 0.337. The Bertz CT molecular complexity index is 695. The third-order valence-corrected chi connectivity index (χ3v) is 3.13. The van der Waals surface area contributed by atoms with E-state index in [1.165, 1.54) is 27.4 Å². The van der Waals surface area contributed by atoms with Crippen LogP contribution in [0.5, 0.6) is 23.0 Å². The van der Waals surface area contributed by atoms with Crippen molar-refractivity contribution in [3.05, 3.63) is 47.3 Å². The Labute approximate surface area is 128 Å². The van der Waals surface area contributed by atoms with Crippen molar-refractivity contribution in [1.82, 2.24) is 0 Å². The molecule has 4 nitrogen and oxygen atoms in total. The van der Waals surface area contributed by atoms with Gasteiger partial charge in [-0.15, -0.1) is 0 Å². The van der Waals surface area contributed by atoms with Crippen LogP contribution >= 0.6 is 0 Å². The summed E-state index contributed by atoms with van der Waals surface area (Å²) in [6.45, 7) is 0. The average Bonchev–Trinajstić information content (AvgIpc) is 2.52. The van der Waals surface area contributed by atoms with E-state index in [2.05, 4.69) is 0 Å². The van der Waals surface area contributed by atoms with Gasteiger partial charge >= 0.3 is 0 Å². The lowest BCUT2D eigenvalue weighted by Crippen LogP contribution is -1.94. The van der Waals surface area contributed by atoms with Crippen LogP contribution in [0.15, 0.2) is 30.3 Å². The van der Waals surface area contributed by atoms with E-state index >= 15 is 0 Å². The summed E-state index contributed by atoms with van der Waals surface area (Å²) in [4.78, 5) is 0. The Hall–Kier alpha value is -2.69. The van der Waals surface area contributed by atoms with Crippen molar-refractivity contribution in [2.45, 2.75) is 0 Å². The quantitative estimate of drug-likeness (QED) is 0.855. The predicted molar refractivity (Wildman–Crippen MR) is 83.1 cm³/mol. The first-order valence-corrected chi connectivity index (χ1v) is 6.55. The van der Waals surface area contributed by atoms with Gasteiger partial charge < -0.3 is 19.3 Å². The van der Waals surface area contributed by atoms with Gasteiger partial charge in [0.1, 0.15) is 0 Å². The fourth-order valence-corrected chi connectivity index (χ4v) is 2.04. The molecule has 0 aliphatic heterocycles. The minimum absolute atomic E-state index is 0.0446. The largest absolute Gasteiger partial charge is 0.504 e. The molecule has 2 aromatic carbocycles. The zero-order chi connectivity index (χ0) is 16.1. The molecule has 0 spiro atoms. The number of hydrogen-bond acceptors (Lipinski definition) is 4. The van der Waals surface area contributed by atoms with E-state index in [9.17, 15) is 9.50 Å². The molecule has 0 saturated carbocycles. The summed E-state index contributed by atoms with van der Waals surface area (Å²) >= 11 is 0. The van der Waals surface area contributed by atoms with Crippen molar-refractivity contribution in [1.29, 1.82) is 0 Å². The SMILES string of the molecule is COc1ccc(C=Cc2cc(F)c(OC)c(OC)c2)cc1O. The van der Waals surface area contributed by atoms with Crippen LogP contribution in [0, 0.1) is 5.82 Å². The number of phenols is 1. The second-order valence-electron chi connectivity index (χ2n) is 4.50. The lowest BCUT2D eigenvalue weighted by Gasteiger charge is -2.09. The van der Waals surface area contributed by atoms with Crippen molar-refractivity contribution in [2.75, 3.05) is 21.3 Å². The first kappa shape index (κ1) is 15.7. The minimum atomic E-state index is -0.501. The number of hydrogen-bond donors (Lipinski definition) is 1. The number of phenolic OH excluding ortho intramolecular Hbond substituents is 1. The van der Waals surface area contributed by atoms with E-state index in [-0.39, 0.29) is 11.5 Å². The molecule has 0 fully saturated rings. The lowest BCUT2D eigenvalue weighted by atomic mass is 10.1. The zero-order valence-corrected chi connectivity index (χ0v) is 12.6. The van der Waals surface area contributed by atoms with Gasteiger partial charge in [-0.05, 0) is 35.4 Å². The highest BCUT2D eigenvalue weighted by Crippen LogP contribution is 2.32. The van der Waals surface area contributed by atoms with Crippen LogP contribution in [0.2, 0.25) is 0 Å². The Kier molecular flexibility index (Phi) is 4.88. The highest BCUT2D eigenvalue weighted by atomic mass is 19.1. The molecular weight excluding hydrogens is 287 g/mol. The number of ether oxygens (including phenoxy) is 3. The summed E-state index contributed by atoms with van der Waals surface area (Å²) in [6, 6.07) is 8.02. The second kappa shape index (κ2) is 6.85. The van der Waals surface area contributed by atoms with Crippen LogP contribution in [0.25, 0.3) is 12.2 Å². The Balaban J connectivity index is 2.30. The van der Waals surface area contributed by atoms with Crippen molar-refractivity contribution in [2.24, 2.45) is 0 Å². The fraction of sp³-hybridized carbons (Fsp3) is 0.176. The number of benzene rings is 2. The number of methoxy groups -OCH3 is 3. The maximum atomic E-state index is 13.9.